The zero-order valence-corrected chi connectivity index (χ0v) is 76.3. The fourth-order valence-corrected chi connectivity index (χ4v) is 19.7. The number of aryl methyl sites for hydroxylation is 9. The van der Waals surface area contributed by atoms with E-state index >= 15 is 13.2 Å². The summed E-state index contributed by atoms with van der Waals surface area (Å²) < 4.78 is 106. The lowest BCUT2D eigenvalue weighted by molar-refractivity contribution is -0.130. The summed E-state index contributed by atoms with van der Waals surface area (Å²) in [6.07, 6.45) is 29.0. The van der Waals surface area contributed by atoms with Crippen LogP contribution in [-0.4, -0.2) is 144 Å². The Morgan fingerprint density at radius 1 is 0.406 bits per heavy atom. The molecular formula is C101H104F5N21O6. The van der Waals surface area contributed by atoms with Gasteiger partial charge in [0.2, 0.25) is 11.6 Å². The molecule has 3 N–H and O–H groups in total. The summed E-state index contributed by atoms with van der Waals surface area (Å²) in [5, 5.41) is 53.6. The second-order valence-corrected chi connectivity index (χ2v) is 37.1. The molecule has 684 valence electrons. The third-order valence-electron chi connectivity index (χ3n) is 26.9. The zero-order chi connectivity index (χ0) is 92.8. The molecule has 15 aromatic heterocycles. The first-order valence-corrected chi connectivity index (χ1v) is 45.4. The van der Waals surface area contributed by atoms with E-state index in [0.717, 1.165) is 219 Å². The minimum absolute atomic E-state index is 0.132. The Labute approximate surface area is 763 Å². The number of hydrogen-bond acceptors (Lipinski definition) is 20. The van der Waals surface area contributed by atoms with Crippen LogP contribution < -0.4 is 0 Å². The number of nitrogens with one attached hydrogen (secondary N) is 2. The van der Waals surface area contributed by atoms with E-state index in [1.165, 1.54) is 0 Å². The van der Waals surface area contributed by atoms with Crippen molar-refractivity contribution in [3.63, 3.8) is 0 Å². The van der Waals surface area contributed by atoms with Gasteiger partial charge in [-0.05, 0) is 211 Å². The van der Waals surface area contributed by atoms with Gasteiger partial charge in [-0.15, -0.1) is 20.4 Å². The van der Waals surface area contributed by atoms with Crippen LogP contribution in [-0.2, 0) is 31.0 Å². The molecule has 17 aromatic rings. The van der Waals surface area contributed by atoms with Crippen molar-refractivity contribution in [2.24, 2.45) is 5.92 Å². The Bertz CT molecular complexity index is 7050. The van der Waals surface area contributed by atoms with Crippen molar-refractivity contribution in [1.82, 2.24) is 105 Å². The van der Waals surface area contributed by atoms with Crippen molar-refractivity contribution in [2.45, 2.75) is 246 Å². The highest BCUT2D eigenvalue weighted by Crippen LogP contribution is 2.47. The molecule has 4 fully saturated rings. The molecule has 0 bridgehead atoms. The molecule has 0 saturated heterocycles. The minimum atomic E-state index is -1.49. The van der Waals surface area contributed by atoms with Crippen molar-refractivity contribution in [3.8, 4) is 113 Å². The third kappa shape index (κ3) is 19.1. The number of rotatable bonds is 17. The molecule has 21 rings (SSSR count). The van der Waals surface area contributed by atoms with Crippen LogP contribution >= 0.6 is 0 Å². The molecule has 0 radical (unpaired) electrons. The van der Waals surface area contributed by atoms with Crippen molar-refractivity contribution >= 4 is 50.1 Å². The lowest BCUT2D eigenvalue weighted by Crippen LogP contribution is -2.38. The maximum absolute atomic E-state index is 16.0. The molecule has 0 spiro atoms. The second-order valence-electron chi connectivity index (χ2n) is 37.1. The summed E-state index contributed by atoms with van der Waals surface area (Å²) in [5.41, 5.74) is 19.8. The zero-order valence-electron chi connectivity index (χ0n) is 76.3. The predicted octanol–water partition coefficient (Wildman–Crippen LogP) is 23.0. The number of carboxylic acid groups (broad SMARTS) is 1. The summed E-state index contributed by atoms with van der Waals surface area (Å²) in [6, 6.07) is 28.0. The van der Waals surface area contributed by atoms with Gasteiger partial charge in [0.25, 0.3) is 0 Å². The Morgan fingerprint density at radius 3 is 1.09 bits per heavy atom. The van der Waals surface area contributed by atoms with E-state index in [-0.39, 0.29) is 32.2 Å². The first-order chi connectivity index (χ1) is 63.9. The number of tetrazole rings is 2. The smallest absolute Gasteiger partial charge is 0.382 e. The summed E-state index contributed by atoms with van der Waals surface area (Å²) in [7, 11) is 0. The van der Waals surface area contributed by atoms with Crippen LogP contribution in [0.15, 0.2) is 159 Å². The monoisotopic (exact) mass is 1800 g/mol. The maximum Gasteiger partial charge on any atom is 0.382 e. The molecule has 0 aliphatic heterocycles. The number of halogens is 5. The molecule has 0 unspecified atom stereocenters. The lowest BCUT2D eigenvalue weighted by Gasteiger charge is -2.36. The molecule has 2 aromatic carbocycles. The van der Waals surface area contributed by atoms with Gasteiger partial charge in [-0.1, -0.05) is 120 Å². The number of hydrogen-bond donors (Lipinski definition) is 3. The van der Waals surface area contributed by atoms with E-state index in [4.69, 9.17) is 38.2 Å². The van der Waals surface area contributed by atoms with Crippen molar-refractivity contribution < 1.29 is 49.9 Å². The normalized spacial score (nSPS) is 18.8. The van der Waals surface area contributed by atoms with Gasteiger partial charge in [-0.25, -0.2) is 26.7 Å². The van der Waals surface area contributed by atoms with E-state index in [2.05, 4.69) is 106 Å². The quantitative estimate of drug-likeness (QED) is 0.0563. The predicted molar refractivity (Wildman–Crippen MR) is 496 cm³/mol. The number of H-pyrrole nitrogens is 2. The molecule has 4 aliphatic rings. The Morgan fingerprint density at radius 2 is 0.744 bits per heavy atom. The van der Waals surface area contributed by atoms with Crippen LogP contribution in [0.5, 0.6) is 0 Å². The molecule has 27 nitrogen and oxygen atoms in total. The number of fused-ring (bicyclic) bond motifs is 4. The second kappa shape index (κ2) is 36.6. The number of benzene rings is 2. The van der Waals surface area contributed by atoms with E-state index in [9.17, 15) is 13.6 Å². The van der Waals surface area contributed by atoms with E-state index in [1.807, 2.05) is 186 Å². The standard InChI is InChI=1S/C27H27F2N7O.C26H26FN7O.C25H27FN4O.C23H24FN3O3/c1-16-23(17(2)37-33-16)20-12-22-24(30-13-20)21(18-4-6-19(7-5-18)25-31-34-35-32-25)14-36(22)15-27(29)10-8-26(3,28)9-11-27;1-16-23(17(2)35-31-16)20-12-22-24(28-13-20)21(14-34(22)15-26(27)10-4-3-5-11-26)18-6-8-19(9-7-18)25-29-32-33-30-25;1-16-7-8-19(12-27-16)21-14-30(15-25(26)9-5-4-6-10-25)22-11-20(13-28-24(21)22)23-17(2)29-31-18(23)3;1-14-21(15(2)30-26-14)18-10-19-22(25-11-18)17(4-5-20(28)29)13-27(19)12-16-6-8-23(3,24)9-7-16/h4-7,12-14H,8-11,15H2,1-3H3,(H,31,32,34,35);6-9,12-14H,3-5,10-11,15H2,1-2H3,(H,29,30,32,33);7-8,11-14H,4-6,9-10,15H2,1-3H3;10-11,13,16H,6-9,12H2,1-3H3,(H,28,29). The van der Waals surface area contributed by atoms with E-state index in [1.54, 1.807) is 26.2 Å². The maximum atomic E-state index is 16.0. The van der Waals surface area contributed by atoms with Crippen molar-refractivity contribution in [3.05, 3.63) is 198 Å². The van der Waals surface area contributed by atoms with Crippen LogP contribution in [0.4, 0.5) is 22.0 Å². The first kappa shape index (κ1) is 89.6. The summed E-state index contributed by atoms with van der Waals surface area (Å²) in [6.45, 7) is 21.9. The number of aliphatic carboxylic acids is 1. The SMILES string of the molecule is Cc1ccc(-c2cn(CC3(F)CCCCC3)c3cc(-c4c(C)noc4C)cnc23)cn1.Cc1noc(C)c1-c1cnc2c(-c3ccc(-c4nn[nH]n4)cc3)cn(CC3(F)CCC(C)(F)CC3)c2c1.Cc1noc(C)c1-c1cnc2c(-c3ccc(-c4nn[nH]n4)cc3)cn(CC3(F)CCCCC3)c2c1.Cc1noc(C)c1-c1cnc2c(C#CC(=O)O)cn(CC3CCC(C)(F)CC3)c2c1. The van der Waals surface area contributed by atoms with Gasteiger partial charge in [-0.2, -0.15) is 10.4 Å². The highest BCUT2D eigenvalue weighted by Gasteiger charge is 2.42. The largest absolute Gasteiger partial charge is 0.472 e. The molecule has 4 saturated carbocycles. The first-order valence-electron chi connectivity index (χ1n) is 45.4. The average molecular weight is 1800 g/mol. The fourth-order valence-electron chi connectivity index (χ4n) is 19.7. The Hall–Kier alpha value is -14.0. The van der Waals surface area contributed by atoms with Gasteiger partial charge in [0, 0.05) is 152 Å². The molecule has 4 aliphatic carbocycles. The summed E-state index contributed by atoms with van der Waals surface area (Å²) in [5.74, 6) is 8.03. The van der Waals surface area contributed by atoms with Crippen molar-refractivity contribution in [1.29, 1.82) is 0 Å². The Balaban J connectivity index is 0.000000119. The van der Waals surface area contributed by atoms with E-state index in [0.29, 0.717) is 98.3 Å². The number of carbonyl (C=O) groups is 1. The van der Waals surface area contributed by atoms with Gasteiger partial charge in [0.15, 0.2) is 0 Å². The molecule has 0 amide bonds. The molecular weight excluding hydrogens is 1700 g/mol. The topological polar surface area (TPSA) is 335 Å². The van der Waals surface area contributed by atoms with Gasteiger partial charge in [0.05, 0.1) is 86.6 Å². The number of pyridine rings is 5. The van der Waals surface area contributed by atoms with Crippen molar-refractivity contribution in [2.75, 3.05) is 0 Å². The van der Waals surface area contributed by atoms with Crippen LogP contribution in [0, 0.1) is 80.1 Å². The van der Waals surface area contributed by atoms with E-state index < -0.39 is 34.3 Å². The third-order valence-corrected chi connectivity index (χ3v) is 26.9. The molecule has 32 heteroatoms. The highest BCUT2D eigenvalue weighted by molar-refractivity contribution is 5.98. The number of aromatic nitrogens is 21. The minimum Gasteiger partial charge on any atom is -0.472 e. The lowest BCUT2D eigenvalue weighted by atomic mass is 9.79. The number of nitrogens with zero attached hydrogens (tertiary/aromatic N) is 19. The summed E-state index contributed by atoms with van der Waals surface area (Å²) >= 11 is 0. The van der Waals surface area contributed by atoms with Gasteiger partial charge >= 0.3 is 5.97 Å². The van der Waals surface area contributed by atoms with Gasteiger partial charge in [0.1, 0.15) is 56.9 Å². The van der Waals surface area contributed by atoms with Gasteiger partial charge in [-0.3, -0.25) is 24.9 Å². The number of aromatic amines is 2. The average Bonchev–Trinajstić information content (AvgIpc) is 1.64. The molecule has 133 heavy (non-hydrogen) atoms. The fraction of sp³-hybridized carbons (Fsp3) is 0.386. The van der Waals surface area contributed by atoms with Crippen LogP contribution in [0.3, 0.4) is 0 Å². The highest BCUT2D eigenvalue weighted by atomic mass is 19.2. The number of carboxylic acids is 1. The van der Waals surface area contributed by atoms with Crippen LogP contribution in [0.25, 0.3) is 145 Å². The number of alkyl halides is 5. The Kier molecular flexibility index (Phi) is 24.7. The summed E-state index contributed by atoms with van der Waals surface area (Å²) in [4.78, 5) is 34.4. The van der Waals surface area contributed by atoms with Crippen LogP contribution in [0.1, 0.15) is 186 Å². The van der Waals surface area contributed by atoms with Crippen LogP contribution in [0.2, 0.25) is 0 Å². The molecule has 15 heterocycles. The molecule has 0 atom stereocenters. The van der Waals surface area contributed by atoms with Gasteiger partial charge < -0.3 is 41.5 Å².